The van der Waals surface area contributed by atoms with Crippen molar-refractivity contribution in [2.75, 3.05) is 23.4 Å². The van der Waals surface area contributed by atoms with Crippen LogP contribution in [-0.4, -0.2) is 34.3 Å². The second-order valence-corrected chi connectivity index (χ2v) is 7.42. The largest absolute Gasteiger partial charge is 0.394 e. The van der Waals surface area contributed by atoms with Gasteiger partial charge in [0.05, 0.1) is 12.6 Å². The Bertz CT molecular complexity index is 707. The first-order valence-electron chi connectivity index (χ1n) is 8.29. The van der Waals surface area contributed by atoms with Gasteiger partial charge in [-0.2, -0.15) is 4.98 Å². The summed E-state index contributed by atoms with van der Waals surface area (Å²) in [5, 5.41) is 12.7. The number of hydrogen-bond acceptors (Lipinski definition) is 5. The molecule has 1 aromatic carbocycles. The third-order valence-electron chi connectivity index (χ3n) is 4.46. The maximum Gasteiger partial charge on any atom is 0.224 e. The molecule has 0 fully saturated rings. The lowest BCUT2D eigenvalue weighted by molar-refractivity contribution is 0.248. The number of aliphatic hydroxyl groups is 1. The molecule has 3 rings (SSSR count). The molecule has 24 heavy (non-hydrogen) atoms. The molecule has 0 amide bonds. The molecule has 6 heteroatoms. The number of hydrogen-bond donors (Lipinski definition) is 2. The molecule has 128 valence electrons. The molecule has 1 aliphatic rings. The van der Waals surface area contributed by atoms with Crippen molar-refractivity contribution < 1.29 is 5.11 Å². The van der Waals surface area contributed by atoms with Crippen molar-refractivity contribution in [1.82, 2.24) is 9.97 Å². The van der Waals surface area contributed by atoms with Gasteiger partial charge in [0, 0.05) is 23.8 Å². The Morgan fingerprint density at radius 1 is 1.29 bits per heavy atom. The van der Waals surface area contributed by atoms with E-state index in [1.54, 1.807) is 6.20 Å². The second kappa shape index (κ2) is 7.49. The third kappa shape index (κ3) is 3.87. The summed E-state index contributed by atoms with van der Waals surface area (Å²) in [7, 11) is 0. The van der Waals surface area contributed by atoms with E-state index in [9.17, 15) is 5.11 Å². The predicted molar refractivity (Wildman–Crippen MR) is 100 cm³/mol. The summed E-state index contributed by atoms with van der Waals surface area (Å²) >= 11 is 3.54. The van der Waals surface area contributed by atoms with Crippen molar-refractivity contribution in [1.29, 1.82) is 0 Å². The van der Waals surface area contributed by atoms with Crippen LogP contribution in [0.15, 0.2) is 34.9 Å². The van der Waals surface area contributed by atoms with Crippen LogP contribution >= 0.6 is 15.9 Å². The number of nitrogens with one attached hydrogen (secondary N) is 1. The Morgan fingerprint density at radius 2 is 2.12 bits per heavy atom. The average molecular weight is 391 g/mol. The van der Waals surface area contributed by atoms with E-state index < -0.39 is 0 Å². The van der Waals surface area contributed by atoms with Crippen LogP contribution in [0.3, 0.4) is 0 Å². The Balaban J connectivity index is 1.76. The van der Waals surface area contributed by atoms with Gasteiger partial charge in [-0.3, -0.25) is 0 Å². The molecular weight excluding hydrogens is 368 g/mol. The normalized spacial score (nSPS) is 15.3. The van der Waals surface area contributed by atoms with Crippen molar-refractivity contribution >= 4 is 27.7 Å². The maximum absolute atomic E-state index is 9.48. The number of nitrogens with zero attached hydrogens (tertiary/aromatic N) is 3. The molecule has 1 atom stereocenters. The lowest BCUT2D eigenvalue weighted by Gasteiger charge is -2.30. The highest BCUT2D eigenvalue weighted by Gasteiger charge is 2.19. The number of aliphatic hydroxyl groups excluding tert-OH is 1. The molecule has 0 aliphatic carbocycles. The summed E-state index contributed by atoms with van der Waals surface area (Å²) < 4.78 is 1.13. The molecule has 1 aliphatic heterocycles. The summed E-state index contributed by atoms with van der Waals surface area (Å²) in [6.45, 7) is 5.99. The van der Waals surface area contributed by atoms with Crippen molar-refractivity contribution in [3.63, 3.8) is 0 Å². The van der Waals surface area contributed by atoms with Crippen molar-refractivity contribution in [2.24, 2.45) is 5.92 Å². The molecular formula is C18H23BrN4O. The first kappa shape index (κ1) is 17.2. The Labute approximate surface area is 151 Å². The van der Waals surface area contributed by atoms with Gasteiger partial charge < -0.3 is 15.3 Å². The van der Waals surface area contributed by atoms with Gasteiger partial charge in [-0.05, 0) is 41.7 Å². The molecule has 0 bridgehead atoms. The molecule has 0 radical (unpaired) electrons. The van der Waals surface area contributed by atoms with Gasteiger partial charge >= 0.3 is 0 Å². The summed E-state index contributed by atoms with van der Waals surface area (Å²) in [4.78, 5) is 11.2. The van der Waals surface area contributed by atoms with E-state index in [4.69, 9.17) is 0 Å². The molecule has 0 saturated heterocycles. The van der Waals surface area contributed by atoms with E-state index in [0.29, 0.717) is 11.9 Å². The van der Waals surface area contributed by atoms with E-state index in [-0.39, 0.29) is 12.6 Å². The highest BCUT2D eigenvalue weighted by atomic mass is 79.9. The average Bonchev–Trinajstić information content (AvgIpc) is 2.59. The highest BCUT2D eigenvalue weighted by Crippen LogP contribution is 2.26. The SMILES string of the molecule is CC(C)[C@H](CO)Nc1nccc(N2CCc3cc(Br)ccc3C2)n1. The van der Waals surface area contributed by atoms with Gasteiger partial charge in [-0.1, -0.05) is 35.8 Å². The van der Waals surface area contributed by atoms with Crippen LogP contribution < -0.4 is 10.2 Å². The number of benzene rings is 1. The Kier molecular flexibility index (Phi) is 5.36. The Hall–Kier alpha value is -1.66. The van der Waals surface area contributed by atoms with E-state index in [2.05, 4.69) is 68.2 Å². The smallest absolute Gasteiger partial charge is 0.224 e. The number of fused-ring (bicyclic) bond motifs is 1. The predicted octanol–water partition coefficient (Wildman–Crippen LogP) is 3.23. The van der Waals surface area contributed by atoms with Gasteiger partial charge in [0.1, 0.15) is 5.82 Å². The second-order valence-electron chi connectivity index (χ2n) is 6.50. The quantitative estimate of drug-likeness (QED) is 0.820. The zero-order chi connectivity index (χ0) is 17.1. The van der Waals surface area contributed by atoms with Crippen LogP contribution in [-0.2, 0) is 13.0 Å². The molecule has 5 nitrogen and oxygen atoms in total. The van der Waals surface area contributed by atoms with Crippen LogP contribution in [0.25, 0.3) is 0 Å². The summed E-state index contributed by atoms with van der Waals surface area (Å²) in [5.41, 5.74) is 2.74. The first-order chi connectivity index (χ1) is 11.6. The standard InChI is InChI=1S/C18H23BrN4O/c1-12(2)16(11-24)21-18-20-7-5-17(22-18)23-8-6-13-9-15(19)4-3-14(13)10-23/h3-5,7,9,12,16,24H,6,8,10-11H2,1-2H3,(H,20,21,22)/t16-/m0/s1. The molecule has 2 aromatic rings. The van der Waals surface area contributed by atoms with Crippen LogP contribution in [0.5, 0.6) is 0 Å². The summed E-state index contributed by atoms with van der Waals surface area (Å²) in [6.07, 6.45) is 2.78. The van der Waals surface area contributed by atoms with E-state index in [1.165, 1.54) is 11.1 Å². The fraction of sp³-hybridized carbons (Fsp3) is 0.444. The lowest BCUT2D eigenvalue weighted by Crippen LogP contribution is -2.32. The zero-order valence-electron chi connectivity index (χ0n) is 14.0. The molecule has 2 N–H and O–H groups in total. The van der Waals surface area contributed by atoms with Crippen molar-refractivity contribution in [2.45, 2.75) is 32.9 Å². The van der Waals surface area contributed by atoms with Gasteiger partial charge in [0.15, 0.2) is 0 Å². The molecule has 0 spiro atoms. The number of rotatable bonds is 5. The molecule has 0 unspecified atom stereocenters. The minimum absolute atomic E-state index is 0.0420. The number of halogens is 1. The van der Waals surface area contributed by atoms with Crippen molar-refractivity contribution in [3.8, 4) is 0 Å². The fourth-order valence-electron chi connectivity index (χ4n) is 2.90. The van der Waals surface area contributed by atoms with Crippen LogP contribution in [0.4, 0.5) is 11.8 Å². The van der Waals surface area contributed by atoms with Crippen LogP contribution in [0, 0.1) is 5.92 Å². The third-order valence-corrected chi connectivity index (χ3v) is 4.95. The highest BCUT2D eigenvalue weighted by molar-refractivity contribution is 9.10. The monoisotopic (exact) mass is 390 g/mol. The fourth-order valence-corrected chi connectivity index (χ4v) is 3.31. The molecule has 0 saturated carbocycles. The molecule has 1 aromatic heterocycles. The van der Waals surface area contributed by atoms with Crippen molar-refractivity contribution in [3.05, 3.63) is 46.1 Å². The first-order valence-corrected chi connectivity index (χ1v) is 9.09. The summed E-state index contributed by atoms with van der Waals surface area (Å²) in [6, 6.07) is 8.36. The van der Waals surface area contributed by atoms with E-state index >= 15 is 0 Å². The zero-order valence-corrected chi connectivity index (χ0v) is 15.6. The number of anilines is 2. The van der Waals surface area contributed by atoms with Crippen LogP contribution in [0.2, 0.25) is 0 Å². The van der Waals surface area contributed by atoms with Gasteiger partial charge in [0.2, 0.25) is 5.95 Å². The minimum Gasteiger partial charge on any atom is -0.394 e. The van der Waals surface area contributed by atoms with Gasteiger partial charge in [-0.25, -0.2) is 4.98 Å². The van der Waals surface area contributed by atoms with Gasteiger partial charge in [0.25, 0.3) is 0 Å². The van der Waals surface area contributed by atoms with Crippen LogP contribution in [0.1, 0.15) is 25.0 Å². The number of aromatic nitrogens is 2. The topological polar surface area (TPSA) is 61.3 Å². The maximum atomic E-state index is 9.48. The van der Waals surface area contributed by atoms with E-state index in [1.807, 2.05) is 6.07 Å². The Morgan fingerprint density at radius 3 is 2.88 bits per heavy atom. The lowest BCUT2D eigenvalue weighted by atomic mass is 10.00. The minimum atomic E-state index is -0.0420. The van der Waals surface area contributed by atoms with E-state index in [0.717, 1.165) is 29.8 Å². The molecule has 2 heterocycles. The van der Waals surface area contributed by atoms with Gasteiger partial charge in [-0.15, -0.1) is 0 Å². The summed E-state index contributed by atoms with van der Waals surface area (Å²) in [5.74, 6) is 1.80.